The maximum absolute atomic E-state index is 12.9. The van der Waals surface area contributed by atoms with E-state index in [9.17, 15) is 33.9 Å². The Hall–Kier alpha value is -3.36. The van der Waals surface area contributed by atoms with Crippen LogP contribution in [0.15, 0.2) is 11.1 Å². The van der Waals surface area contributed by atoms with Crippen LogP contribution >= 0.6 is 0 Å². The number of nitrogens with two attached hydrogens (primary N) is 1. The van der Waals surface area contributed by atoms with Crippen molar-refractivity contribution in [2.75, 3.05) is 53.1 Å². The summed E-state index contributed by atoms with van der Waals surface area (Å²) in [6.45, 7) is 5.22. The summed E-state index contributed by atoms with van der Waals surface area (Å²) in [5.74, 6) is -4.64. The predicted molar refractivity (Wildman–Crippen MR) is 163 cm³/mol. The maximum Gasteiger partial charge on any atom is 0.331 e. The lowest BCUT2D eigenvalue weighted by atomic mass is 9.88. The molecular formula is C30H52N4O10. The molecule has 0 aliphatic heterocycles. The van der Waals surface area contributed by atoms with Crippen LogP contribution in [0.2, 0.25) is 0 Å². The van der Waals surface area contributed by atoms with Crippen molar-refractivity contribution in [1.82, 2.24) is 16.0 Å². The van der Waals surface area contributed by atoms with Gasteiger partial charge in [-0.05, 0) is 52.0 Å². The van der Waals surface area contributed by atoms with Gasteiger partial charge in [0, 0.05) is 62.6 Å². The summed E-state index contributed by atoms with van der Waals surface area (Å²) < 4.78 is 10.3. The second-order valence-corrected chi connectivity index (χ2v) is 10.6. The number of nitrogens with one attached hydrogen (secondary N) is 3. The Kier molecular flexibility index (Phi) is 23.1. The molecule has 14 nitrogen and oxygen atoms in total. The summed E-state index contributed by atoms with van der Waals surface area (Å²) in [5.41, 5.74) is 5.17. The molecule has 2 unspecified atom stereocenters. The number of ether oxygens (including phenoxy) is 2. The third-order valence-corrected chi connectivity index (χ3v) is 7.01. The molecule has 44 heavy (non-hydrogen) atoms. The first-order chi connectivity index (χ1) is 20.9. The number of ketones is 1. The molecule has 252 valence electrons. The van der Waals surface area contributed by atoms with E-state index in [0.717, 1.165) is 12.8 Å². The number of amides is 3. The van der Waals surface area contributed by atoms with Crippen molar-refractivity contribution in [3.05, 3.63) is 11.1 Å². The van der Waals surface area contributed by atoms with Gasteiger partial charge in [-0.3, -0.25) is 24.0 Å². The van der Waals surface area contributed by atoms with Gasteiger partial charge < -0.3 is 41.4 Å². The molecule has 0 fully saturated rings. The quantitative estimate of drug-likeness (QED) is 0.0559. The predicted octanol–water partition coefficient (Wildman–Crippen LogP) is 1.16. The van der Waals surface area contributed by atoms with Crippen LogP contribution in [0.5, 0.6) is 0 Å². The van der Waals surface area contributed by atoms with Crippen molar-refractivity contribution in [2.24, 2.45) is 17.6 Å². The SMILES string of the molecule is COCCOCCCNC(=O)C(CCCCN)CC(=O)C(C)CCCCNC(=O)CC/C(C(=O)NCC(=O)O)=C(\C)C(=O)O. The summed E-state index contributed by atoms with van der Waals surface area (Å²) in [6.07, 6.45) is 4.50. The second-order valence-electron chi connectivity index (χ2n) is 10.6. The van der Waals surface area contributed by atoms with Crippen molar-refractivity contribution < 1.29 is 48.5 Å². The zero-order valence-electron chi connectivity index (χ0n) is 26.4. The highest BCUT2D eigenvalue weighted by atomic mass is 16.5. The van der Waals surface area contributed by atoms with E-state index in [1.165, 1.54) is 6.92 Å². The highest BCUT2D eigenvalue weighted by molar-refractivity contribution is 6.03. The number of methoxy groups -OCH3 is 1. The van der Waals surface area contributed by atoms with Crippen LogP contribution in [0.3, 0.4) is 0 Å². The molecule has 0 aromatic rings. The second kappa shape index (κ2) is 25.0. The molecule has 0 saturated carbocycles. The summed E-state index contributed by atoms with van der Waals surface area (Å²) in [7, 11) is 1.60. The molecule has 14 heteroatoms. The maximum atomic E-state index is 12.9. The third kappa shape index (κ3) is 19.8. The van der Waals surface area contributed by atoms with Crippen molar-refractivity contribution in [2.45, 2.75) is 78.1 Å². The minimum atomic E-state index is -1.34. The van der Waals surface area contributed by atoms with Crippen molar-refractivity contribution >= 4 is 35.4 Å². The number of rotatable bonds is 27. The first-order valence-corrected chi connectivity index (χ1v) is 15.2. The first kappa shape index (κ1) is 40.6. The minimum Gasteiger partial charge on any atom is -0.480 e. The monoisotopic (exact) mass is 628 g/mol. The van der Waals surface area contributed by atoms with Gasteiger partial charge in [0.05, 0.1) is 13.2 Å². The van der Waals surface area contributed by atoms with Gasteiger partial charge in [0.25, 0.3) is 0 Å². The molecular weight excluding hydrogens is 576 g/mol. The number of unbranched alkanes of at least 4 members (excludes halogenated alkanes) is 2. The molecule has 0 saturated heterocycles. The number of Topliss-reactive ketones (excluding diaryl/α,β-unsaturated/α-hetero) is 1. The molecule has 0 heterocycles. The fraction of sp³-hybridized carbons (Fsp3) is 0.733. The number of carbonyl (C=O) groups excluding carboxylic acids is 4. The summed E-state index contributed by atoms with van der Waals surface area (Å²) >= 11 is 0. The Morgan fingerprint density at radius 1 is 0.818 bits per heavy atom. The number of hydrogen-bond donors (Lipinski definition) is 6. The van der Waals surface area contributed by atoms with Crippen LogP contribution in [0, 0.1) is 11.8 Å². The average molecular weight is 629 g/mol. The van der Waals surface area contributed by atoms with Crippen LogP contribution in [0.25, 0.3) is 0 Å². The molecule has 0 aliphatic rings. The van der Waals surface area contributed by atoms with E-state index in [0.29, 0.717) is 71.6 Å². The van der Waals surface area contributed by atoms with Crippen molar-refractivity contribution in [3.8, 4) is 0 Å². The standard InChI is InChI=1S/C30H52N4O10/c1-21(25(35)19-23(10-4-6-13-31)28(39)33-15-8-16-44-18-17-43-3)9-5-7-14-32-26(36)12-11-24(22(2)30(41)42)29(40)34-20-27(37)38/h21,23H,4-20,31H2,1-3H3,(H,32,36)(H,33,39)(H,34,40)(H,37,38)(H,41,42)/b24-22-. The Labute approximate surface area is 259 Å². The van der Waals surface area contributed by atoms with E-state index < -0.39 is 30.3 Å². The van der Waals surface area contributed by atoms with Gasteiger partial charge in [-0.2, -0.15) is 0 Å². The van der Waals surface area contributed by atoms with Crippen LogP contribution in [-0.4, -0.2) is 98.8 Å². The lowest BCUT2D eigenvalue weighted by Gasteiger charge is -2.18. The summed E-state index contributed by atoms with van der Waals surface area (Å²) in [5, 5.41) is 25.7. The molecule has 0 aromatic carbocycles. The Bertz CT molecular complexity index is 954. The first-order valence-electron chi connectivity index (χ1n) is 15.2. The zero-order valence-corrected chi connectivity index (χ0v) is 26.4. The number of carboxylic acids is 2. The van der Waals surface area contributed by atoms with Gasteiger partial charge in [-0.25, -0.2) is 4.79 Å². The molecule has 3 amide bonds. The van der Waals surface area contributed by atoms with Crippen LogP contribution in [0.4, 0.5) is 0 Å². The van der Waals surface area contributed by atoms with E-state index in [2.05, 4.69) is 16.0 Å². The average Bonchev–Trinajstić information content (AvgIpc) is 2.98. The Balaban J connectivity index is 4.59. The normalized spacial score (nSPS) is 12.9. The van der Waals surface area contributed by atoms with Gasteiger partial charge in [0.2, 0.25) is 17.7 Å². The topological polar surface area (TPSA) is 223 Å². The number of carbonyl (C=O) groups is 6. The van der Waals surface area contributed by atoms with Crippen LogP contribution in [0.1, 0.15) is 78.1 Å². The summed E-state index contributed by atoms with van der Waals surface area (Å²) in [6, 6.07) is 0. The molecule has 2 atom stereocenters. The van der Waals surface area contributed by atoms with Gasteiger partial charge in [0.15, 0.2) is 0 Å². The van der Waals surface area contributed by atoms with E-state index in [1.807, 2.05) is 6.92 Å². The van der Waals surface area contributed by atoms with E-state index in [-0.39, 0.29) is 53.9 Å². The van der Waals surface area contributed by atoms with E-state index in [4.69, 9.17) is 20.3 Å². The van der Waals surface area contributed by atoms with Gasteiger partial charge in [-0.1, -0.05) is 19.8 Å². The van der Waals surface area contributed by atoms with E-state index in [1.54, 1.807) is 7.11 Å². The number of aliphatic carboxylic acids is 2. The molecule has 0 rings (SSSR count). The van der Waals surface area contributed by atoms with Crippen molar-refractivity contribution in [1.29, 1.82) is 0 Å². The molecule has 0 aliphatic carbocycles. The molecule has 0 radical (unpaired) electrons. The zero-order chi connectivity index (χ0) is 33.3. The van der Waals surface area contributed by atoms with Crippen molar-refractivity contribution in [3.63, 3.8) is 0 Å². The van der Waals surface area contributed by atoms with Gasteiger partial charge in [0.1, 0.15) is 12.3 Å². The fourth-order valence-corrected chi connectivity index (χ4v) is 4.23. The molecule has 0 aromatic heterocycles. The molecule has 0 bridgehead atoms. The van der Waals surface area contributed by atoms with Gasteiger partial charge in [-0.15, -0.1) is 0 Å². The van der Waals surface area contributed by atoms with Crippen LogP contribution in [-0.2, 0) is 38.2 Å². The minimum absolute atomic E-state index is 0.0131. The highest BCUT2D eigenvalue weighted by Crippen LogP contribution is 2.19. The largest absolute Gasteiger partial charge is 0.480 e. The Morgan fingerprint density at radius 3 is 2.14 bits per heavy atom. The number of carboxylic acid groups (broad SMARTS) is 2. The molecule has 7 N–H and O–H groups in total. The lowest BCUT2D eigenvalue weighted by molar-refractivity contribution is -0.137. The summed E-state index contributed by atoms with van der Waals surface area (Å²) in [4.78, 5) is 72.2. The smallest absolute Gasteiger partial charge is 0.331 e. The van der Waals surface area contributed by atoms with Crippen LogP contribution < -0.4 is 21.7 Å². The van der Waals surface area contributed by atoms with E-state index >= 15 is 0 Å². The molecule has 0 spiro atoms. The fourth-order valence-electron chi connectivity index (χ4n) is 4.23. The number of hydrogen-bond acceptors (Lipinski definition) is 9. The highest BCUT2D eigenvalue weighted by Gasteiger charge is 2.24. The lowest BCUT2D eigenvalue weighted by Crippen LogP contribution is -2.34. The third-order valence-electron chi connectivity index (χ3n) is 7.01. The Morgan fingerprint density at radius 2 is 1.50 bits per heavy atom. The van der Waals surface area contributed by atoms with Gasteiger partial charge >= 0.3 is 11.9 Å².